The second-order valence-corrected chi connectivity index (χ2v) is 6.75. The van der Waals surface area contributed by atoms with Gasteiger partial charge in [-0.1, -0.05) is 6.92 Å². The van der Waals surface area contributed by atoms with Gasteiger partial charge in [-0.05, 0) is 55.3 Å². The summed E-state index contributed by atoms with van der Waals surface area (Å²) < 4.78 is 19.2. The summed E-state index contributed by atoms with van der Waals surface area (Å²) in [6.45, 7) is 2.76. The van der Waals surface area contributed by atoms with Crippen molar-refractivity contribution in [2.24, 2.45) is 0 Å². The number of halogens is 1. The molecule has 0 atom stereocenters. The van der Waals surface area contributed by atoms with E-state index in [1.54, 1.807) is 36.4 Å². The molecule has 4 rings (SSSR count). The molecule has 1 N–H and O–H groups in total. The van der Waals surface area contributed by atoms with Crippen LogP contribution >= 0.6 is 0 Å². The van der Waals surface area contributed by atoms with Gasteiger partial charge in [0.1, 0.15) is 5.82 Å². The van der Waals surface area contributed by atoms with Gasteiger partial charge in [0.2, 0.25) is 0 Å². The van der Waals surface area contributed by atoms with Gasteiger partial charge >= 0.3 is 5.97 Å². The van der Waals surface area contributed by atoms with Crippen LogP contribution in [0.1, 0.15) is 28.5 Å². The van der Waals surface area contributed by atoms with E-state index in [4.69, 9.17) is 14.8 Å². The highest BCUT2D eigenvalue weighted by Crippen LogP contribution is 2.36. The number of fused-ring (bicyclic) bond motifs is 1. The van der Waals surface area contributed by atoms with Crippen LogP contribution in [0.15, 0.2) is 42.5 Å². The average molecular weight is 393 g/mol. The molecule has 0 radical (unpaired) electrons. The summed E-state index contributed by atoms with van der Waals surface area (Å²) in [6.07, 6.45) is 1.54. The number of hydrogen-bond donors (Lipinski definition) is 1. The van der Waals surface area contributed by atoms with Gasteiger partial charge in [0.25, 0.3) is 0 Å². The van der Waals surface area contributed by atoms with Gasteiger partial charge in [-0.3, -0.25) is 0 Å². The van der Waals surface area contributed by atoms with Crippen molar-refractivity contribution >= 4 is 17.5 Å². The molecule has 0 saturated carbocycles. The summed E-state index contributed by atoms with van der Waals surface area (Å²) in [5.41, 5.74) is 3.69. The number of carboxylic acids is 1. The molecule has 0 aliphatic carbocycles. The Kier molecular flexibility index (Phi) is 4.88. The third kappa shape index (κ3) is 3.40. The van der Waals surface area contributed by atoms with E-state index in [-0.39, 0.29) is 11.3 Å². The Bertz CT molecular complexity index is 1080. The molecule has 0 saturated heterocycles. The molecule has 2 heterocycles. The van der Waals surface area contributed by atoms with E-state index in [0.717, 1.165) is 42.1 Å². The van der Waals surface area contributed by atoms with Crippen LogP contribution in [0, 0.1) is 5.82 Å². The molecular formula is C22H20FN3O3. The summed E-state index contributed by atoms with van der Waals surface area (Å²) in [5.74, 6) is -0.0146. The lowest BCUT2D eigenvalue weighted by Gasteiger charge is -2.19. The second kappa shape index (κ2) is 7.50. The number of aryl methyl sites for hydroxylation is 1. The monoisotopic (exact) mass is 393 g/mol. The number of carbonyl (C=O) groups is 1. The number of ether oxygens (including phenoxy) is 1. The maximum atomic E-state index is 14.2. The highest BCUT2D eigenvalue weighted by Gasteiger charge is 2.26. The third-order valence-electron chi connectivity index (χ3n) is 5.08. The number of hydrogen-bond acceptors (Lipinski definition) is 5. The Morgan fingerprint density at radius 3 is 2.59 bits per heavy atom. The van der Waals surface area contributed by atoms with Crippen LogP contribution in [0.4, 0.5) is 15.9 Å². The molecule has 1 aliphatic rings. The van der Waals surface area contributed by atoms with Gasteiger partial charge in [0.05, 0.1) is 12.7 Å². The van der Waals surface area contributed by atoms with Crippen molar-refractivity contribution in [3.8, 4) is 17.1 Å². The minimum Gasteiger partial charge on any atom is -0.494 e. The standard InChI is InChI=1S/C22H20FN3O3/c1-3-18-16-10-11-26(15-7-4-13(5-8-15)22(27)28)21(16)25-20(24-18)14-6-9-19(29-2)17(23)12-14/h4-9,12H,3,10-11H2,1-2H3,(H,27,28). The van der Waals surface area contributed by atoms with E-state index in [2.05, 4.69) is 4.98 Å². The van der Waals surface area contributed by atoms with Crippen molar-refractivity contribution in [2.45, 2.75) is 19.8 Å². The average Bonchev–Trinajstić information content (AvgIpc) is 3.17. The molecule has 1 aliphatic heterocycles. The minimum atomic E-state index is -0.960. The molecular weight excluding hydrogens is 373 g/mol. The zero-order chi connectivity index (χ0) is 20.5. The van der Waals surface area contributed by atoms with Crippen LogP contribution in [0.2, 0.25) is 0 Å². The molecule has 148 valence electrons. The summed E-state index contributed by atoms with van der Waals surface area (Å²) in [6, 6.07) is 11.4. The molecule has 0 unspecified atom stereocenters. The Hall–Kier alpha value is -3.48. The number of methoxy groups -OCH3 is 1. The van der Waals surface area contributed by atoms with Crippen molar-refractivity contribution in [3.63, 3.8) is 0 Å². The summed E-state index contributed by atoms with van der Waals surface area (Å²) >= 11 is 0. The maximum absolute atomic E-state index is 14.2. The first-order valence-corrected chi connectivity index (χ1v) is 9.36. The van der Waals surface area contributed by atoms with Crippen LogP contribution in [0.5, 0.6) is 5.75 Å². The number of benzene rings is 2. The maximum Gasteiger partial charge on any atom is 0.335 e. The number of aromatic carboxylic acids is 1. The highest BCUT2D eigenvalue weighted by molar-refractivity contribution is 5.88. The molecule has 0 bridgehead atoms. The zero-order valence-corrected chi connectivity index (χ0v) is 16.1. The van der Waals surface area contributed by atoms with Gasteiger partial charge in [-0.15, -0.1) is 0 Å². The molecule has 29 heavy (non-hydrogen) atoms. The fourth-order valence-corrected chi connectivity index (χ4v) is 3.59. The number of rotatable bonds is 5. The normalized spacial score (nSPS) is 12.7. The molecule has 7 heteroatoms. The van der Waals surface area contributed by atoms with E-state index < -0.39 is 11.8 Å². The highest BCUT2D eigenvalue weighted by atomic mass is 19.1. The quantitative estimate of drug-likeness (QED) is 0.699. The number of carboxylic acid groups (broad SMARTS) is 1. The Labute approximate surface area is 167 Å². The van der Waals surface area contributed by atoms with Crippen LogP contribution < -0.4 is 9.64 Å². The molecule has 2 aromatic carbocycles. The van der Waals surface area contributed by atoms with Crippen molar-refractivity contribution in [1.29, 1.82) is 0 Å². The Morgan fingerprint density at radius 2 is 1.97 bits per heavy atom. The zero-order valence-electron chi connectivity index (χ0n) is 16.1. The van der Waals surface area contributed by atoms with Crippen LogP contribution in [-0.4, -0.2) is 34.7 Å². The smallest absolute Gasteiger partial charge is 0.335 e. The first-order chi connectivity index (χ1) is 14.0. The minimum absolute atomic E-state index is 0.172. The first-order valence-electron chi connectivity index (χ1n) is 9.36. The van der Waals surface area contributed by atoms with Gasteiger partial charge in [-0.2, -0.15) is 0 Å². The fourth-order valence-electron chi connectivity index (χ4n) is 3.59. The number of anilines is 2. The lowest BCUT2D eigenvalue weighted by atomic mass is 10.1. The number of aromatic nitrogens is 2. The summed E-state index contributed by atoms with van der Waals surface area (Å²) in [5, 5.41) is 9.12. The lowest BCUT2D eigenvalue weighted by Crippen LogP contribution is -2.15. The molecule has 3 aromatic rings. The van der Waals surface area contributed by atoms with Crippen molar-refractivity contribution in [3.05, 3.63) is 65.1 Å². The molecule has 0 spiro atoms. The first kappa shape index (κ1) is 18.9. The number of nitrogens with zero attached hydrogens (tertiary/aromatic N) is 3. The van der Waals surface area contributed by atoms with Gasteiger partial charge < -0.3 is 14.7 Å². The van der Waals surface area contributed by atoms with Gasteiger partial charge in [0.15, 0.2) is 17.4 Å². The largest absolute Gasteiger partial charge is 0.494 e. The van der Waals surface area contributed by atoms with E-state index in [1.165, 1.54) is 13.2 Å². The molecule has 0 fully saturated rings. The Morgan fingerprint density at radius 1 is 1.21 bits per heavy atom. The SMILES string of the molecule is CCc1nc(-c2ccc(OC)c(F)c2)nc2c1CCN2c1ccc(C(=O)O)cc1. The van der Waals surface area contributed by atoms with Crippen molar-refractivity contribution in [2.75, 3.05) is 18.6 Å². The Balaban J connectivity index is 1.78. The fraction of sp³-hybridized carbons (Fsp3) is 0.227. The molecule has 6 nitrogen and oxygen atoms in total. The van der Waals surface area contributed by atoms with E-state index in [1.807, 2.05) is 11.8 Å². The van der Waals surface area contributed by atoms with E-state index in [0.29, 0.717) is 11.4 Å². The third-order valence-corrected chi connectivity index (χ3v) is 5.08. The van der Waals surface area contributed by atoms with Crippen LogP contribution in [0.25, 0.3) is 11.4 Å². The molecule has 1 aromatic heterocycles. The van der Waals surface area contributed by atoms with Crippen LogP contribution in [0.3, 0.4) is 0 Å². The summed E-state index contributed by atoms with van der Waals surface area (Å²) in [7, 11) is 1.42. The second-order valence-electron chi connectivity index (χ2n) is 6.75. The van der Waals surface area contributed by atoms with E-state index in [9.17, 15) is 9.18 Å². The van der Waals surface area contributed by atoms with Crippen LogP contribution in [-0.2, 0) is 12.8 Å². The van der Waals surface area contributed by atoms with Crippen molar-refractivity contribution < 1.29 is 19.0 Å². The molecule has 0 amide bonds. The lowest BCUT2D eigenvalue weighted by molar-refractivity contribution is 0.0697. The topological polar surface area (TPSA) is 75.6 Å². The predicted octanol–water partition coefficient (Wildman–Crippen LogP) is 4.25. The van der Waals surface area contributed by atoms with Gasteiger partial charge in [0, 0.05) is 29.1 Å². The predicted molar refractivity (Wildman–Crippen MR) is 107 cm³/mol. The van der Waals surface area contributed by atoms with E-state index >= 15 is 0 Å². The summed E-state index contributed by atoms with van der Waals surface area (Å²) in [4.78, 5) is 22.6. The van der Waals surface area contributed by atoms with Gasteiger partial charge in [-0.25, -0.2) is 19.2 Å². The van der Waals surface area contributed by atoms with Crippen molar-refractivity contribution in [1.82, 2.24) is 9.97 Å².